The highest BCUT2D eigenvalue weighted by atomic mass is 16.3. The molecule has 1 aromatic rings. The molecule has 0 aromatic heterocycles. The average Bonchev–Trinajstić information content (AvgIpc) is 3.13. The lowest BCUT2D eigenvalue weighted by molar-refractivity contribution is 0.281. The molecule has 2 rings (SSSR count). The molecule has 0 saturated heterocycles. The predicted molar refractivity (Wildman–Crippen MR) is 74.0 cm³/mol. The summed E-state index contributed by atoms with van der Waals surface area (Å²) >= 11 is 0. The molecule has 0 amide bonds. The maximum Gasteiger partial charge on any atom is 0.0606 e. The second-order valence-corrected chi connectivity index (χ2v) is 5.21. The Morgan fingerprint density at radius 1 is 1.17 bits per heavy atom. The molecular weight excluding hydrogens is 226 g/mol. The summed E-state index contributed by atoms with van der Waals surface area (Å²) in [5.41, 5.74) is 3.82. The molecule has 3 nitrogen and oxygen atoms in total. The highest BCUT2D eigenvalue weighted by molar-refractivity contribution is 5.55. The highest BCUT2D eigenvalue weighted by Crippen LogP contribution is 2.35. The fourth-order valence-electron chi connectivity index (χ4n) is 2.41. The van der Waals surface area contributed by atoms with Crippen molar-refractivity contribution in [1.29, 1.82) is 0 Å². The zero-order valence-corrected chi connectivity index (χ0v) is 11.1. The first-order valence-corrected chi connectivity index (χ1v) is 6.80. The van der Waals surface area contributed by atoms with Crippen molar-refractivity contribution in [3.8, 4) is 0 Å². The molecule has 0 bridgehead atoms. The smallest absolute Gasteiger partial charge is 0.0606 e. The molecule has 1 aromatic carbocycles. The van der Waals surface area contributed by atoms with Gasteiger partial charge in [-0.2, -0.15) is 0 Å². The van der Waals surface area contributed by atoms with Gasteiger partial charge in [0.05, 0.1) is 13.2 Å². The number of aliphatic hydroxyl groups excluding tert-OH is 2. The number of benzene rings is 1. The quantitative estimate of drug-likeness (QED) is 0.773. The number of aryl methyl sites for hydroxylation is 1. The van der Waals surface area contributed by atoms with Gasteiger partial charge in [-0.05, 0) is 43.7 Å². The van der Waals surface area contributed by atoms with Crippen molar-refractivity contribution < 1.29 is 10.2 Å². The van der Waals surface area contributed by atoms with E-state index in [-0.39, 0.29) is 13.2 Å². The van der Waals surface area contributed by atoms with Gasteiger partial charge in [-0.3, -0.25) is 0 Å². The number of hydrogen-bond acceptors (Lipinski definition) is 3. The summed E-state index contributed by atoms with van der Waals surface area (Å²) in [4.78, 5) is 2.08. The van der Waals surface area contributed by atoms with Crippen molar-refractivity contribution in [3.63, 3.8) is 0 Å². The van der Waals surface area contributed by atoms with Crippen LogP contribution in [0.5, 0.6) is 0 Å². The van der Waals surface area contributed by atoms with Gasteiger partial charge >= 0.3 is 0 Å². The summed E-state index contributed by atoms with van der Waals surface area (Å²) in [5, 5.41) is 18.3. The van der Waals surface area contributed by atoms with Crippen LogP contribution in [0.25, 0.3) is 0 Å². The Morgan fingerprint density at radius 3 is 2.39 bits per heavy atom. The van der Waals surface area contributed by atoms with Crippen LogP contribution in [0.3, 0.4) is 0 Å². The third-order valence-corrected chi connectivity index (χ3v) is 3.52. The minimum atomic E-state index is 0.122. The second-order valence-electron chi connectivity index (χ2n) is 5.21. The van der Waals surface area contributed by atoms with Gasteiger partial charge in [-0.15, -0.1) is 0 Å². The average molecular weight is 249 g/mol. The van der Waals surface area contributed by atoms with Crippen LogP contribution in [0.2, 0.25) is 0 Å². The van der Waals surface area contributed by atoms with Crippen molar-refractivity contribution in [2.75, 3.05) is 31.2 Å². The van der Waals surface area contributed by atoms with Gasteiger partial charge in [0.15, 0.2) is 0 Å². The van der Waals surface area contributed by atoms with Crippen molar-refractivity contribution in [1.82, 2.24) is 0 Å². The molecule has 1 aliphatic rings. The Labute approximate surface area is 109 Å². The van der Waals surface area contributed by atoms with Gasteiger partial charge in [0, 0.05) is 18.8 Å². The predicted octanol–water partition coefficient (Wildman–Crippen LogP) is 1.74. The summed E-state index contributed by atoms with van der Waals surface area (Å²) in [6.07, 6.45) is 3.81. The minimum Gasteiger partial charge on any atom is -0.395 e. The molecule has 1 saturated carbocycles. The lowest BCUT2D eigenvalue weighted by atomic mass is 10.0. The van der Waals surface area contributed by atoms with Gasteiger partial charge < -0.3 is 15.1 Å². The molecule has 0 radical (unpaired) electrons. The van der Waals surface area contributed by atoms with Crippen LogP contribution in [-0.2, 0) is 6.42 Å². The van der Waals surface area contributed by atoms with Gasteiger partial charge in [0.25, 0.3) is 0 Å². The van der Waals surface area contributed by atoms with Gasteiger partial charge in [0.2, 0.25) is 0 Å². The van der Waals surface area contributed by atoms with Crippen LogP contribution in [0.1, 0.15) is 24.0 Å². The number of nitrogens with zero attached hydrogens (tertiary/aromatic N) is 1. The van der Waals surface area contributed by atoms with Crippen molar-refractivity contribution in [3.05, 3.63) is 29.3 Å². The molecule has 1 fully saturated rings. The topological polar surface area (TPSA) is 43.7 Å². The summed E-state index contributed by atoms with van der Waals surface area (Å²) < 4.78 is 0. The van der Waals surface area contributed by atoms with E-state index in [9.17, 15) is 0 Å². The maximum absolute atomic E-state index is 9.14. The highest BCUT2D eigenvalue weighted by Gasteiger charge is 2.23. The SMILES string of the molecule is Cc1ccc(N(CCO)CCO)c(CC2CC2)c1. The molecule has 2 N–H and O–H groups in total. The molecule has 0 aliphatic heterocycles. The van der Waals surface area contributed by atoms with E-state index in [1.165, 1.54) is 29.7 Å². The Bertz CT molecular complexity index is 382. The monoisotopic (exact) mass is 249 g/mol. The Kier molecular flexibility index (Phi) is 4.61. The third kappa shape index (κ3) is 3.47. The second kappa shape index (κ2) is 6.21. The van der Waals surface area contributed by atoms with E-state index in [4.69, 9.17) is 10.2 Å². The van der Waals surface area contributed by atoms with Crippen LogP contribution in [0.15, 0.2) is 18.2 Å². The maximum atomic E-state index is 9.14. The minimum absolute atomic E-state index is 0.122. The summed E-state index contributed by atoms with van der Waals surface area (Å²) in [6.45, 7) is 3.53. The zero-order valence-electron chi connectivity index (χ0n) is 11.1. The molecule has 0 unspecified atom stereocenters. The van der Waals surface area contributed by atoms with Crippen LogP contribution in [0.4, 0.5) is 5.69 Å². The number of rotatable bonds is 7. The summed E-state index contributed by atoms with van der Waals surface area (Å²) in [5.74, 6) is 0.843. The molecule has 18 heavy (non-hydrogen) atoms. The van der Waals surface area contributed by atoms with Crippen LogP contribution >= 0.6 is 0 Å². The first-order chi connectivity index (χ1) is 8.74. The van der Waals surface area contributed by atoms with Gasteiger partial charge in [0.1, 0.15) is 0 Å². The Hall–Kier alpha value is -1.06. The van der Waals surface area contributed by atoms with E-state index in [1.54, 1.807) is 0 Å². The number of hydrogen-bond donors (Lipinski definition) is 2. The largest absolute Gasteiger partial charge is 0.395 e. The molecule has 100 valence electrons. The lowest BCUT2D eigenvalue weighted by Crippen LogP contribution is -2.30. The van der Waals surface area contributed by atoms with Crippen LogP contribution in [-0.4, -0.2) is 36.5 Å². The van der Waals surface area contributed by atoms with Crippen molar-refractivity contribution in [2.45, 2.75) is 26.2 Å². The fourth-order valence-corrected chi connectivity index (χ4v) is 2.41. The molecule has 3 heteroatoms. The van der Waals surface area contributed by atoms with E-state index in [0.717, 1.165) is 12.3 Å². The molecule has 0 atom stereocenters. The lowest BCUT2D eigenvalue weighted by Gasteiger charge is -2.26. The standard InChI is InChI=1S/C15H23NO2/c1-12-2-5-15(16(6-8-17)7-9-18)14(10-12)11-13-3-4-13/h2,5,10,13,17-18H,3-4,6-9,11H2,1H3. The third-order valence-electron chi connectivity index (χ3n) is 3.52. The van der Waals surface area contributed by atoms with Crippen LogP contribution < -0.4 is 4.90 Å². The van der Waals surface area contributed by atoms with E-state index in [1.807, 2.05) is 0 Å². The number of aliphatic hydroxyl groups is 2. The Balaban J connectivity index is 2.21. The Morgan fingerprint density at radius 2 is 1.83 bits per heavy atom. The van der Waals surface area contributed by atoms with E-state index < -0.39 is 0 Å². The molecule has 0 heterocycles. The zero-order chi connectivity index (χ0) is 13.0. The van der Waals surface area contributed by atoms with E-state index >= 15 is 0 Å². The van der Waals surface area contributed by atoms with E-state index in [0.29, 0.717) is 13.1 Å². The fraction of sp³-hybridized carbons (Fsp3) is 0.600. The van der Waals surface area contributed by atoms with Crippen LogP contribution in [0, 0.1) is 12.8 Å². The van der Waals surface area contributed by atoms with E-state index in [2.05, 4.69) is 30.0 Å². The molecule has 0 spiro atoms. The summed E-state index contributed by atoms with van der Waals surface area (Å²) in [6, 6.07) is 6.47. The first-order valence-electron chi connectivity index (χ1n) is 6.80. The molecular formula is C15H23NO2. The first kappa shape index (κ1) is 13.4. The van der Waals surface area contributed by atoms with Gasteiger partial charge in [-0.1, -0.05) is 17.7 Å². The summed E-state index contributed by atoms with van der Waals surface area (Å²) in [7, 11) is 0. The number of anilines is 1. The molecule has 1 aliphatic carbocycles. The van der Waals surface area contributed by atoms with Crippen molar-refractivity contribution >= 4 is 5.69 Å². The normalized spacial score (nSPS) is 14.8. The van der Waals surface area contributed by atoms with Gasteiger partial charge in [-0.25, -0.2) is 0 Å². The van der Waals surface area contributed by atoms with Crippen molar-refractivity contribution in [2.24, 2.45) is 5.92 Å².